The van der Waals surface area contributed by atoms with Crippen LogP contribution >= 0.6 is 0 Å². The lowest BCUT2D eigenvalue weighted by atomic mass is 9.97. The van der Waals surface area contributed by atoms with E-state index in [9.17, 15) is 18.0 Å². The Hall–Kier alpha value is -2.52. The highest BCUT2D eigenvalue weighted by molar-refractivity contribution is 5.88. The molecule has 2 atom stereocenters. The highest BCUT2D eigenvalue weighted by Gasteiger charge is 2.47. The van der Waals surface area contributed by atoms with Crippen LogP contribution in [0.5, 0.6) is 0 Å². The van der Waals surface area contributed by atoms with Crippen LogP contribution in [0.3, 0.4) is 0 Å². The number of alkyl halides is 3. The first-order chi connectivity index (χ1) is 11.2. The molecule has 130 valence electrons. The van der Waals surface area contributed by atoms with E-state index in [1.807, 2.05) is 0 Å². The molecule has 0 saturated heterocycles. The number of halogens is 3. The van der Waals surface area contributed by atoms with Gasteiger partial charge < -0.3 is 10.1 Å². The summed E-state index contributed by atoms with van der Waals surface area (Å²) in [6.45, 7) is 1.74. The van der Waals surface area contributed by atoms with Crippen molar-refractivity contribution in [3.05, 3.63) is 29.2 Å². The number of anilines is 1. The Labute approximate surface area is 135 Å². The SMILES string of the molecule is COC(=O)c1cc2n(n1)[C@@H](C(F)(F)F)C[C@@H](c1cn(C)nc1C)N2. The van der Waals surface area contributed by atoms with Crippen molar-refractivity contribution in [1.82, 2.24) is 19.6 Å². The molecule has 0 amide bonds. The number of hydrogen-bond acceptors (Lipinski definition) is 5. The van der Waals surface area contributed by atoms with Gasteiger partial charge in [0.25, 0.3) is 0 Å². The number of aromatic nitrogens is 4. The maximum atomic E-state index is 13.5. The Bertz CT molecular complexity index is 780. The topological polar surface area (TPSA) is 74.0 Å². The van der Waals surface area contributed by atoms with E-state index in [1.54, 1.807) is 24.9 Å². The number of fused-ring (bicyclic) bond motifs is 1. The zero-order valence-corrected chi connectivity index (χ0v) is 13.3. The number of aryl methyl sites for hydroxylation is 2. The van der Waals surface area contributed by atoms with E-state index < -0.39 is 24.2 Å². The van der Waals surface area contributed by atoms with Crippen LogP contribution < -0.4 is 5.32 Å². The highest BCUT2D eigenvalue weighted by Crippen LogP contribution is 2.44. The summed E-state index contributed by atoms with van der Waals surface area (Å²) in [5.74, 6) is -0.661. The third-order valence-electron chi connectivity index (χ3n) is 4.01. The Morgan fingerprint density at radius 3 is 2.67 bits per heavy atom. The first kappa shape index (κ1) is 16.3. The van der Waals surface area contributed by atoms with Crippen LogP contribution in [0.4, 0.5) is 19.0 Å². The summed E-state index contributed by atoms with van der Waals surface area (Å²) in [5.41, 5.74) is 1.16. The van der Waals surface area contributed by atoms with Crippen molar-refractivity contribution in [3.8, 4) is 0 Å². The normalized spacial score (nSPS) is 20.4. The number of hydrogen-bond donors (Lipinski definition) is 1. The maximum Gasteiger partial charge on any atom is 0.410 e. The molecule has 0 aromatic carbocycles. The number of rotatable bonds is 2. The summed E-state index contributed by atoms with van der Waals surface area (Å²) in [5, 5.41) is 10.9. The fraction of sp³-hybridized carbons (Fsp3) is 0.500. The van der Waals surface area contributed by atoms with E-state index >= 15 is 0 Å². The van der Waals surface area contributed by atoms with Crippen molar-refractivity contribution in [2.45, 2.75) is 31.6 Å². The van der Waals surface area contributed by atoms with E-state index in [0.29, 0.717) is 11.3 Å². The van der Waals surface area contributed by atoms with Gasteiger partial charge in [-0.25, -0.2) is 9.48 Å². The van der Waals surface area contributed by atoms with Gasteiger partial charge in [-0.05, 0) is 6.92 Å². The molecule has 7 nitrogen and oxygen atoms in total. The lowest BCUT2D eigenvalue weighted by Crippen LogP contribution is -2.35. The van der Waals surface area contributed by atoms with Crippen LogP contribution in [0.2, 0.25) is 0 Å². The van der Waals surface area contributed by atoms with Crippen LogP contribution in [-0.4, -0.2) is 38.8 Å². The molecule has 10 heteroatoms. The fourth-order valence-electron chi connectivity index (χ4n) is 2.94. The Morgan fingerprint density at radius 2 is 2.12 bits per heavy atom. The lowest BCUT2D eigenvalue weighted by molar-refractivity contribution is -0.173. The van der Waals surface area contributed by atoms with Gasteiger partial charge in [0.1, 0.15) is 5.82 Å². The molecular formula is C14H16F3N5O2. The van der Waals surface area contributed by atoms with Crippen molar-refractivity contribution in [1.29, 1.82) is 0 Å². The minimum absolute atomic E-state index is 0.122. The van der Waals surface area contributed by atoms with E-state index in [2.05, 4.69) is 20.3 Å². The maximum absolute atomic E-state index is 13.5. The number of methoxy groups -OCH3 is 1. The molecule has 0 fully saturated rings. The van der Waals surface area contributed by atoms with E-state index in [0.717, 1.165) is 11.8 Å². The van der Waals surface area contributed by atoms with Crippen molar-refractivity contribution in [2.24, 2.45) is 7.05 Å². The number of nitrogens with one attached hydrogen (secondary N) is 1. The predicted molar refractivity (Wildman–Crippen MR) is 77.6 cm³/mol. The van der Waals surface area contributed by atoms with Gasteiger partial charge in [0.2, 0.25) is 0 Å². The van der Waals surface area contributed by atoms with Crippen molar-refractivity contribution in [3.63, 3.8) is 0 Å². The summed E-state index contributed by atoms with van der Waals surface area (Å²) in [7, 11) is 2.86. The van der Waals surface area contributed by atoms with Gasteiger partial charge in [0.05, 0.1) is 18.8 Å². The Kier molecular flexibility index (Phi) is 3.77. The highest BCUT2D eigenvalue weighted by atomic mass is 19.4. The summed E-state index contributed by atoms with van der Waals surface area (Å²) in [6.07, 6.45) is -3.05. The zero-order valence-electron chi connectivity index (χ0n) is 13.3. The molecule has 1 aliphatic rings. The van der Waals surface area contributed by atoms with Gasteiger partial charge in [-0.15, -0.1) is 0 Å². The largest absolute Gasteiger partial charge is 0.464 e. The average Bonchev–Trinajstić information content (AvgIpc) is 3.06. The summed E-state index contributed by atoms with van der Waals surface area (Å²) >= 11 is 0. The standard InChI is InChI=1S/C14H16F3N5O2/c1-7-8(6-21(2)19-7)9-4-11(14(15,16)17)22-12(18-9)5-10(20-22)13(23)24-3/h5-6,9,11,18H,4H2,1-3H3/t9-,11+/m0/s1. The number of carbonyl (C=O) groups is 1. The van der Waals surface area contributed by atoms with Crippen molar-refractivity contribution in [2.75, 3.05) is 12.4 Å². The lowest BCUT2D eigenvalue weighted by Gasteiger charge is -2.33. The molecule has 24 heavy (non-hydrogen) atoms. The van der Waals surface area contributed by atoms with E-state index in [1.165, 1.54) is 6.07 Å². The van der Waals surface area contributed by atoms with Crippen LogP contribution in [0, 0.1) is 6.92 Å². The van der Waals surface area contributed by atoms with Gasteiger partial charge in [-0.3, -0.25) is 4.68 Å². The van der Waals surface area contributed by atoms with Gasteiger partial charge in [-0.1, -0.05) is 0 Å². The molecule has 2 aromatic rings. The number of esters is 1. The van der Waals surface area contributed by atoms with Crippen molar-refractivity contribution < 1.29 is 22.7 Å². The summed E-state index contributed by atoms with van der Waals surface area (Å²) in [4.78, 5) is 11.6. The first-order valence-electron chi connectivity index (χ1n) is 7.22. The van der Waals surface area contributed by atoms with Crippen LogP contribution in [-0.2, 0) is 11.8 Å². The number of nitrogens with zero attached hydrogens (tertiary/aromatic N) is 4. The third kappa shape index (κ3) is 2.72. The Balaban J connectivity index is 2.04. The minimum atomic E-state index is -4.50. The van der Waals surface area contributed by atoms with Crippen LogP contribution in [0.15, 0.2) is 12.3 Å². The Morgan fingerprint density at radius 1 is 1.42 bits per heavy atom. The minimum Gasteiger partial charge on any atom is -0.464 e. The summed E-state index contributed by atoms with van der Waals surface area (Å²) in [6, 6.07) is -1.15. The smallest absolute Gasteiger partial charge is 0.410 e. The van der Waals surface area contributed by atoms with Gasteiger partial charge in [0, 0.05) is 31.3 Å². The molecule has 1 N–H and O–H groups in total. The van der Waals surface area contributed by atoms with Gasteiger partial charge in [-0.2, -0.15) is 23.4 Å². The third-order valence-corrected chi connectivity index (χ3v) is 4.01. The second-order valence-corrected chi connectivity index (χ2v) is 5.68. The molecule has 0 unspecified atom stereocenters. The quantitative estimate of drug-likeness (QED) is 0.848. The van der Waals surface area contributed by atoms with Gasteiger partial charge >= 0.3 is 12.1 Å². The molecule has 3 heterocycles. The molecule has 0 bridgehead atoms. The number of carbonyl (C=O) groups excluding carboxylic acids is 1. The van der Waals surface area contributed by atoms with Gasteiger partial charge in [0.15, 0.2) is 11.7 Å². The molecular weight excluding hydrogens is 327 g/mol. The second kappa shape index (κ2) is 5.53. The summed E-state index contributed by atoms with van der Waals surface area (Å²) < 4.78 is 47.3. The number of ether oxygens (including phenoxy) is 1. The molecule has 2 aromatic heterocycles. The monoisotopic (exact) mass is 343 g/mol. The first-order valence-corrected chi connectivity index (χ1v) is 7.22. The zero-order chi connectivity index (χ0) is 17.6. The molecule has 0 aliphatic carbocycles. The van der Waals surface area contributed by atoms with Crippen LogP contribution in [0.1, 0.15) is 40.3 Å². The molecule has 3 rings (SSSR count). The fourth-order valence-corrected chi connectivity index (χ4v) is 2.94. The van der Waals surface area contributed by atoms with E-state index in [-0.39, 0.29) is 17.9 Å². The molecule has 1 aliphatic heterocycles. The second-order valence-electron chi connectivity index (χ2n) is 5.68. The molecule has 0 radical (unpaired) electrons. The predicted octanol–water partition coefficient (Wildman–Crippen LogP) is 2.37. The molecule has 0 saturated carbocycles. The average molecular weight is 343 g/mol. The molecule has 0 spiro atoms. The van der Waals surface area contributed by atoms with Crippen LogP contribution in [0.25, 0.3) is 0 Å². The van der Waals surface area contributed by atoms with Crippen molar-refractivity contribution >= 4 is 11.8 Å². The van der Waals surface area contributed by atoms with E-state index in [4.69, 9.17) is 0 Å².